The number of rotatable bonds is 2. The smallest absolute Gasteiger partial charge is 0.171 e. The van der Waals surface area contributed by atoms with E-state index in [1.807, 2.05) is 6.92 Å². The molecule has 0 unspecified atom stereocenters. The molecule has 5 heteroatoms. The highest BCUT2D eigenvalue weighted by Crippen LogP contribution is 2.66. The average molecular weight is 432 g/mol. The van der Waals surface area contributed by atoms with Gasteiger partial charge in [-0.25, -0.2) is 0 Å². The molecule has 0 aromatic rings. The van der Waals surface area contributed by atoms with Crippen molar-refractivity contribution < 1.29 is 20.3 Å². The summed E-state index contributed by atoms with van der Waals surface area (Å²) in [5.41, 5.74) is 1.94. The molecule has 0 aromatic heterocycles. The van der Waals surface area contributed by atoms with Gasteiger partial charge in [0.15, 0.2) is 5.54 Å². The van der Waals surface area contributed by atoms with Crippen molar-refractivity contribution in [3.05, 3.63) is 11.6 Å². The molecular weight excluding hydrogens is 388 g/mol. The van der Waals surface area contributed by atoms with E-state index in [2.05, 4.69) is 25.1 Å². The number of aliphatic hydroxyl groups excluding tert-OH is 2. The molecule has 0 radical (unpaired) electrons. The number of hydrogen-bond donors (Lipinski definition) is 4. The number of oxime groups is 1. The van der Waals surface area contributed by atoms with Crippen LogP contribution in [0.25, 0.3) is 0 Å². The molecule has 1 aliphatic heterocycles. The lowest BCUT2D eigenvalue weighted by atomic mass is 9.46. The Labute approximate surface area is 187 Å². The number of quaternary nitrogens is 1. The Hall–Kier alpha value is -0.910. The summed E-state index contributed by atoms with van der Waals surface area (Å²) in [7, 11) is 0. The molecule has 4 N–H and O–H groups in total. The second-order valence-corrected chi connectivity index (χ2v) is 12.0. The maximum atomic E-state index is 11.7. The Balaban J connectivity index is 1.55. The Bertz CT molecular complexity index is 775. The van der Waals surface area contributed by atoms with E-state index in [9.17, 15) is 15.4 Å². The zero-order valence-electron chi connectivity index (χ0n) is 19.7. The topological polar surface area (TPSA) is 77.5 Å². The summed E-state index contributed by atoms with van der Waals surface area (Å²) in [6.07, 6.45) is 12.5. The monoisotopic (exact) mass is 431 g/mol. The molecule has 4 fully saturated rings. The van der Waals surface area contributed by atoms with Gasteiger partial charge in [-0.3, -0.25) is 0 Å². The maximum Gasteiger partial charge on any atom is 0.171 e. The number of fused-ring (bicyclic) bond motifs is 5. The van der Waals surface area contributed by atoms with Crippen molar-refractivity contribution in [1.29, 1.82) is 0 Å². The van der Waals surface area contributed by atoms with Crippen LogP contribution >= 0.6 is 0 Å². The van der Waals surface area contributed by atoms with Crippen LogP contribution in [0.3, 0.4) is 0 Å². The number of piperidine rings is 1. The van der Waals surface area contributed by atoms with Crippen molar-refractivity contribution in [1.82, 2.24) is 0 Å². The van der Waals surface area contributed by atoms with E-state index in [4.69, 9.17) is 0 Å². The SMILES string of the molecule is CC(=NO)[C@]1([NH+]2CCCCC2)[C@H](O)C[C@H]2[C@H]3CC=C4C[C@@H](O)CC[C@]4(C)[C@H]3CC[C@@]21C. The fourth-order valence-corrected chi connectivity index (χ4v) is 9.69. The van der Waals surface area contributed by atoms with E-state index in [0.29, 0.717) is 17.8 Å². The molecule has 8 atom stereocenters. The van der Waals surface area contributed by atoms with E-state index < -0.39 is 11.6 Å². The highest BCUT2D eigenvalue weighted by atomic mass is 16.4. The highest BCUT2D eigenvalue weighted by Gasteiger charge is 2.73. The molecule has 4 aliphatic carbocycles. The van der Waals surface area contributed by atoms with Crippen molar-refractivity contribution in [2.45, 2.75) is 103 Å². The normalized spacial score (nSPS) is 50.9. The van der Waals surface area contributed by atoms with Gasteiger partial charge in [-0.15, -0.1) is 0 Å². The van der Waals surface area contributed by atoms with Gasteiger partial charge in [0.2, 0.25) is 0 Å². The Morgan fingerprint density at radius 2 is 1.81 bits per heavy atom. The number of nitrogens with one attached hydrogen (secondary N) is 1. The van der Waals surface area contributed by atoms with Crippen LogP contribution in [0.5, 0.6) is 0 Å². The summed E-state index contributed by atoms with van der Waals surface area (Å²) in [5.74, 6) is 1.67. The number of nitrogens with zero attached hydrogens (tertiary/aromatic N) is 1. The van der Waals surface area contributed by atoms with E-state index >= 15 is 0 Å². The van der Waals surface area contributed by atoms with Gasteiger partial charge in [0.05, 0.1) is 19.2 Å². The lowest BCUT2D eigenvalue weighted by Gasteiger charge is -2.60. The third kappa shape index (κ3) is 2.81. The molecule has 5 rings (SSSR count). The van der Waals surface area contributed by atoms with Crippen LogP contribution in [0, 0.1) is 28.6 Å². The van der Waals surface area contributed by atoms with Gasteiger partial charge >= 0.3 is 0 Å². The summed E-state index contributed by atoms with van der Waals surface area (Å²) >= 11 is 0. The van der Waals surface area contributed by atoms with E-state index in [0.717, 1.165) is 57.3 Å². The van der Waals surface area contributed by atoms with Gasteiger partial charge < -0.3 is 20.3 Å². The minimum atomic E-state index is -0.467. The molecule has 0 amide bonds. The van der Waals surface area contributed by atoms with Crippen molar-refractivity contribution in [2.75, 3.05) is 13.1 Å². The second kappa shape index (κ2) is 7.56. The van der Waals surface area contributed by atoms with Crippen LogP contribution in [-0.4, -0.2) is 52.0 Å². The first-order chi connectivity index (χ1) is 14.8. The first-order valence-electron chi connectivity index (χ1n) is 12.9. The predicted molar refractivity (Wildman–Crippen MR) is 121 cm³/mol. The van der Waals surface area contributed by atoms with Gasteiger partial charge in [-0.1, -0.05) is 30.7 Å². The van der Waals surface area contributed by atoms with Crippen molar-refractivity contribution >= 4 is 5.71 Å². The van der Waals surface area contributed by atoms with Gasteiger partial charge in [-0.05, 0) is 94.3 Å². The molecule has 3 saturated carbocycles. The minimum Gasteiger partial charge on any atom is -0.411 e. The van der Waals surface area contributed by atoms with Crippen LogP contribution in [0.2, 0.25) is 0 Å². The van der Waals surface area contributed by atoms with Gasteiger partial charge in [0.25, 0.3) is 0 Å². The maximum absolute atomic E-state index is 11.7. The Morgan fingerprint density at radius 1 is 1.06 bits per heavy atom. The van der Waals surface area contributed by atoms with Crippen molar-refractivity contribution in [2.24, 2.45) is 33.7 Å². The zero-order chi connectivity index (χ0) is 22.0. The Kier molecular flexibility index (Phi) is 5.35. The van der Waals surface area contributed by atoms with Gasteiger partial charge in [0, 0.05) is 5.41 Å². The number of likely N-dealkylation sites (tertiary alicyclic amines) is 1. The summed E-state index contributed by atoms with van der Waals surface area (Å²) in [6.45, 7) is 8.99. The number of hydrogen-bond acceptors (Lipinski definition) is 4. The van der Waals surface area contributed by atoms with Crippen molar-refractivity contribution in [3.8, 4) is 0 Å². The summed E-state index contributed by atoms with van der Waals surface area (Å²) in [4.78, 5) is 1.46. The van der Waals surface area contributed by atoms with Gasteiger partial charge in [0.1, 0.15) is 11.8 Å². The number of aliphatic hydroxyl groups is 2. The third-order valence-corrected chi connectivity index (χ3v) is 11.1. The molecule has 0 bridgehead atoms. The lowest BCUT2D eigenvalue weighted by molar-refractivity contribution is -0.956. The summed E-state index contributed by atoms with van der Waals surface area (Å²) < 4.78 is 0. The molecule has 0 aromatic carbocycles. The molecule has 1 heterocycles. The van der Waals surface area contributed by atoms with Crippen LogP contribution in [0.15, 0.2) is 16.8 Å². The highest BCUT2D eigenvalue weighted by molar-refractivity contribution is 5.92. The summed E-state index contributed by atoms with van der Waals surface area (Å²) in [6, 6.07) is 0. The average Bonchev–Trinajstić information content (AvgIpc) is 3.01. The fraction of sp³-hybridized carbons (Fsp3) is 0.885. The molecule has 1 saturated heterocycles. The predicted octanol–water partition coefficient (Wildman–Crippen LogP) is 2.94. The minimum absolute atomic E-state index is 0.0492. The zero-order valence-corrected chi connectivity index (χ0v) is 19.7. The third-order valence-electron chi connectivity index (χ3n) is 11.1. The molecule has 0 spiro atoms. The van der Waals surface area contributed by atoms with Crippen LogP contribution in [-0.2, 0) is 0 Å². The number of allylic oxidation sites excluding steroid dienone is 1. The standard InChI is InChI=1S/C26H42N2O3/c1-17(27-31)26(28-13-5-4-6-14-28)23(30)16-22-20-8-7-18-15-19(29)9-11-24(18,2)21(20)10-12-25(22,26)3/h7,19-23,29-31H,4-6,8-16H2,1-3H3/p+1/t19-,20-,21-,22-,23+,24-,25-,26-/m0/s1. The largest absolute Gasteiger partial charge is 0.411 e. The van der Waals surface area contributed by atoms with Gasteiger partial charge in [-0.2, -0.15) is 0 Å². The molecule has 5 nitrogen and oxygen atoms in total. The molecule has 5 aliphatic rings. The first kappa shape index (κ1) is 21.9. The summed E-state index contributed by atoms with van der Waals surface area (Å²) in [5, 5.41) is 35.8. The van der Waals surface area contributed by atoms with E-state index in [-0.39, 0.29) is 16.9 Å². The van der Waals surface area contributed by atoms with Crippen LogP contribution in [0.4, 0.5) is 0 Å². The van der Waals surface area contributed by atoms with E-state index in [1.165, 1.54) is 36.2 Å². The quantitative estimate of drug-likeness (QED) is 0.235. The fourth-order valence-electron chi connectivity index (χ4n) is 9.69. The second-order valence-electron chi connectivity index (χ2n) is 12.0. The van der Waals surface area contributed by atoms with Crippen molar-refractivity contribution in [3.63, 3.8) is 0 Å². The molecule has 31 heavy (non-hydrogen) atoms. The van der Waals surface area contributed by atoms with Crippen LogP contribution in [0.1, 0.15) is 85.0 Å². The first-order valence-corrected chi connectivity index (χ1v) is 12.9. The van der Waals surface area contributed by atoms with Crippen LogP contribution < -0.4 is 4.90 Å². The van der Waals surface area contributed by atoms with E-state index in [1.54, 1.807) is 0 Å². The lowest BCUT2D eigenvalue weighted by Crippen LogP contribution is -3.25. The molecule has 174 valence electrons. The Morgan fingerprint density at radius 3 is 2.52 bits per heavy atom. The molecular formula is C26H43N2O3+.